The SMILES string of the molecule is N#Cc1c(Cl)nc2c(c1N1CCCCC1)CCCC2. The van der Waals surface area contributed by atoms with Gasteiger partial charge < -0.3 is 4.90 Å². The lowest BCUT2D eigenvalue weighted by Gasteiger charge is -2.33. The number of hydrogen-bond acceptors (Lipinski definition) is 3. The van der Waals surface area contributed by atoms with E-state index in [4.69, 9.17) is 11.6 Å². The van der Waals surface area contributed by atoms with Gasteiger partial charge >= 0.3 is 0 Å². The van der Waals surface area contributed by atoms with Crippen LogP contribution in [-0.4, -0.2) is 18.1 Å². The van der Waals surface area contributed by atoms with Gasteiger partial charge in [-0.05, 0) is 50.5 Å². The number of rotatable bonds is 1. The first kappa shape index (κ1) is 12.7. The van der Waals surface area contributed by atoms with E-state index in [9.17, 15) is 5.26 Å². The maximum Gasteiger partial charge on any atom is 0.149 e. The van der Waals surface area contributed by atoms with Crippen LogP contribution in [0.25, 0.3) is 0 Å². The highest BCUT2D eigenvalue weighted by atomic mass is 35.5. The van der Waals surface area contributed by atoms with Crippen molar-refractivity contribution in [2.75, 3.05) is 18.0 Å². The molecule has 2 heterocycles. The highest BCUT2D eigenvalue weighted by molar-refractivity contribution is 6.31. The lowest BCUT2D eigenvalue weighted by Crippen LogP contribution is -2.32. The Morgan fingerprint density at radius 3 is 2.53 bits per heavy atom. The molecular weight excluding hydrogens is 258 g/mol. The maximum atomic E-state index is 9.43. The Kier molecular flexibility index (Phi) is 3.61. The summed E-state index contributed by atoms with van der Waals surface area (Å²) in [5.41, 5.74) is 4.09. The van der Waals surface area contributed by atoms with Gasteiger partial charge in [0, 0.05) is 18.8 Å². The van der Waals surface area contributed by atoms with E-state index in [2.05, 4.69) is 16.0 Å². The molecule has 1 aliphatic carbocycles. The van der Waals surface area contributed by atoms with Gasteiger partial charge in [0.2, 0.25) is 0 Å². The summed E-state index contributed by atoms with van der Waals surface area (Å²) in [6.45, 7) is 2.09. The molecule has 3 nitrogen and oxygen atoms in total. The van der Waals surface area contributed by atoms with Gasteiger partial charge in [0.1, 0.15) is 16.8 Å². The average Bonchev–Trinajstić information content (AvgIpc) is 2.46. The number of fused-ring (bicyclic) bond motifs is 1. The van der Waals surface area contributed by atoms with Crippen molar-refractivity contribution in [1.29, 1.82) is 5.26 Å². The molecule has 2 aliphatic rings. The Hall–Kier alpha value is -1.27. The predicted octanol–water partition coefficient (Wildman–Crippen LogP) is 3.48. The fraction of sp³-hybridized carbons (Fsp3) is 0.600. The summed E-state index contributed by atoms with van der Waals surface area (Å²) in [6.07, 6.45) is 8.13. The topological polar surface area (TPSA) is 39.9 Å². The highest BCUT2D eigenvalue weighted by Crippen LogP contribution is 2.36. The molecule has 1 aromatic rings. The Balaban J connectivity index is 2.13. The summed E-state index contributed by atoms with van der Waals surface area (Å²) in [5, 5.41) is 9.82. The first-order chi connectivity index (χ1) is 9.31. The minimum Gasteiger partial charge on any atom is -0.370 e. The Morgan fingerprint density at radius 1 is 1.05 bits per heavy atom. The van der Waals surface area contributed by atoms with Crippen LogP contribution in [0.2, 0.25) is 5.15 Å². The molecule has 0 amide bonds. The van der Waals surface area contributed by atoms with Gasteiger partial charge in [-0.2, -0.15) is 5.26 Å². The molecule has 0 aromatic carbocycles. The van der Waals surface area contributed by atoms with Crippen LogP contribution in [0.4, 0.5) is 5.69 Å². The van der Waals surface area contributed by atoms with Crippen molar-refractivity contribution >= 4 is 17.3 Å². The normalized spacial score (nSPS) is 18.8. The molecule has 100 valence electrons. The first-order valence-corrected chi connectivity index (χ1v) is 7.55. The molecule has 0 radical (unpaired) electrons. The van der Waals surface area contributed by atoms with Crippen molar-refractivity contribution in [2.24, 2.45) is 0 Å². The molecule has 0 bridgehead atoms. The molecular formula is C15H18ClN3. The number of hydrogen-bond donors (Lipinski definition) is 0. The summed E-state index contributed by atoms with van der Waals surface area (Å²) in [7, 11) is 0. The van der Waals surface area contributed by atoms with Crippen LogP contribution in [-0.2, 0) is 12.8 Å². The van der Waals surface area contributed by atoms with Gasteiger partial charge in [-0.25, -0.2) is 4.98 Å². The van der Waals surface area contributed by atoms with Gasteiger partial charge in [-0.15, -0.1) is 0 Å². The van der Waals surface area contributed by atoms with Crippen molar-refractivity contribution in [3.05, 3.63) is 22.0 Å². The summed E-state index contributed by atoms with van der Waals surface area (Å²) in [6, 6.07) is 2.28. The molecule has 1 aromatic heterocycles. The Morgan fingerprint density at radius 2 is 1.79 bits per heavy atom. The van der Waals surface area contributed by atoms with Crippen molar-refractivity contribution in [3.8, 4) is 6.07 Å². The molecule has 4 heteroatoms. The van der Waals surface area contributed by atoms with Crippen LogP contribution >= 0.6 is 11.6 Å². The zero-order valence-electron chi connectivity index (χ0n) is 11.1. The van der Waals surface area contributed by atoms with Gasteiger partial charge in [0.05, 0.1) is 5.69 Å². The van der Waals surface area contributed by atoms with Crippen LogP contribution in [0.3, 0.4) is 0 Å². The van der Waals surface area contributed by atoms with Gasteiger partial charge in [-0.3, -0.25) is 0 Å². The summed E-state index contributed by atoms with van der Waals surface area (Å²) in [5.74, 6) is 0. The molecule has 1 aliphatic heterocycles. The number of aryl methyl sites for hydroxylation is 1. The minimum absolute atomic E-state index is 0.392. The standard InChI is InChI=1S/C15H18ClN3/c16-15-12(10-17)14(19-8-4-1-5-9-19)11-6-2-3-7-13(11)18-15/h1-9H2. The number of nitriles is 1. The second-order valence-corrected chi connectivity index (χ2v) is 5.78. The Bertz CT molecular complexity index is 527. The second-order valence-electron chi connectivity index (χ2n) is 5.42. The number of pyridine rings is 1. The smallest absolute Gasteiger partial charge is 0.149 e. The number of piperidine rings is 1. The van der Waals surface area contributed by atoms with E-state index in [-0.39, 0.29) is 0 Å². The number of anilines is 1. The largest absolute Gasteiger partial charge is 0.370 e. The summed E-state index contributed by atoms with van der Waals surface area (Å²) in [4.78, 5) is 6.82. The zero-order valence-corrected chi connectivity index (χ0v) is 11.8. The lowest BCUT2D eigenvalue weighted by atomic mass is 9.92. The van der Waals surface area contributed by atoms with Gasteiger partial charge in [-0.1, -0.05) is 11.6 Å². The summed E-state index contributed by atoms with van der Waals surface area (Å²) < 4.78 is 0. The van der Waals surface area contributed by atoms with E-state index in [0.29, 0.717) is 10.7 Å². The first-order valence-electron chi connectivity index (χ1n) is 7.17. The quantitative estimate of drug-likeness (QED) is 0.737. The highest BCUT2D eigenvalue weighted by Gasteiger charge is 2.25. The van der Waals surface area contributed by atoms with Gasteiger partial charge in [0.25, 0.3) is 0 Å². The van der Waals surface area contributed by atoms with E-state index in [1.165, 1.54) is 37.7 Å². The lowest BCUT2D eigenvalue weighted by molar-refractivity contribution is 0.571. The van der Waals surface area contributed by atoms with E-state index < -0.39 is 0 Å². The summed E-state index contributed by atoms with van der Waals surface area (Å²) >= 11 is 6.23. The molecule has 0 atom stereocenters. The Labute approximate surface area is 119 Å². The maximum absolute atomic E-state index is 9.43. The van der Waals surface area contributed by atoms with Crippen LogP contribution in [0.15, 0.2) is 0 Å². The molecule has 1 saturated heterocycles. The number of aromatic nitrogens is 1. The number of halogens is 1. The fourth-order valence-electron chi connectivity index (χ4n) is 3.26. The molecule has 0 saturated carbocycles. The monoisotopic (exact) mass is 275 g/mol. The van der Waals surface area contributed by atoms with E-state index in [1.807, 2.05) is 0 Å². The molecule has 0 N–H and O–H groups in total. The van der Waals surface area contributed by atoms with E-state index in [0.717, 1.165) is 37.3 Å². The van der Waals surface area contributed by atoms with Crippen LogP contribution in [0.5, 0.6) is 0 Å². The van der Waals surface area contributed by atoms with Crippen molar-refractivity contribution in [2.45, 2.75) is 44.9 Å². The number of nitrogens with zero attached hydrogens (tertiary/aromatic N) is 3. The van der Waals surface area contributed by atoms with Crippen molar-refractivity contribution in [1.82, 2.24) is 4.98 Å². The van der Waals surface area contributed by atoms with Crippen LogP contribution in [0, 0.1) is 11.3 Å². The molecule has 0 spiro atoms. The molecule has 3 rings (SSSR count). The second kappa shape index (κ2) is 5.38. The van der Waals surface area contributed by atoms with Crippen LogP contribution < -0.4 is 4.90 Å². The molecule has 1 fully saturated rings. The third-order valence-corrected chi connectivity index (χ3v) is 4.46. The third-order valence-electron chi connectivity index (χ3n) is 4.18. The van der Waals surface area contributed by atoms with Crippen molar-refractivity contribution in [3.63, 3.8) is 0 Å². The third kappa shape index (κ3) is 2.30. The molecule has 19 heavy (non-hydrogen) atoms. The van der Waals surface area contributed by atoms with Crippen molar-refractivity contribution < 1.29 is 0 Å². The van der Waals surface area contributed by atoms with E-state index >= 15 is 0 Å². The fourth-order valence-corrected chi connectivity index (χ4v) is 3.49. The minimum atomic E-state index is 0.392. The predicted molar refractivity (Wildman–Crippen MR) is 76.7 cm³/mol. The molecule has 0 unspecified atom stereocenters. The van der Waals surface area contributed by atoms with E-state index in [1.54, 1.807) is 0 Å². The van der Waals surface area contributed by atoms with Crippen LogP contribution in [0.1, 0.15) is 48.9 Å². The zero-order chi connectivity index (χ0) is 13.2. The van der Waals surface area contributed by atoms with Gasteiger partial charge in [0.15, 0.2) is 0 Å². The average molecular weight is 276 g/mol.